The fraction of sp³-hybridized carbons (Fsp3) is 0.375. The average Bonchev–Trinajstić information content (AvgIpc) is 3.50. The highest BCUT2D eigenvalue weighted by Gasteiger charge is 2.53. The van der Waals surface area contributed by atoms with Crippen molar-refractivity contribution in [3.8, 4) is 0 Å². The average molecular weight is 471 g/mol. The molecule has 2 atom stereocenters. The first-order valence-electron chi connectivity index (χ1n) is 10.6. The minimum absolute atomic E-state index is 0. The number of carbonyl (C=O) groups excluding carboxylic acids is 1. The zero-order chi connectivity index (χ0) is 20.6. The molecule has 2 aromatic carbocycles. The van der Waals surface area contributed by atoms with Crippen molar-refractivity contribution in [2.75, 3.05) is 19.6 Å². The van der Waals surface area contributed by atoms with Gasteiger partial charge in [-0.2, -0.15) is 27.0 Å². The number of carbonyl (C=O) groups is 1. The van der Waals surface area contributed by atoms with Gasteiger partial charge >= 0.3 is 0 Å². The van der Waals surface area contributed by atoms with Crippen LogP contribution in [0.2, 0.25) is 0 Å². The second kappa shape index (κ2) is 10.2. The van der Waals surface area contributed by atoms with Gasteiger partial charge in [-0.1, -0.05) is 42.5 Å². The molecule has 3 aromatic rings. The summed E-state index contributed by atoms with van der Waals surface area (Å²) in [4.78, 5) is 24.9. The number of fused-ring (bicyclic) bond motifs is 1. The molecule has 5 rings (SSSR count). The molecule has 2 fully saturated rings. The fourth-order valence-corrected chi connectivity index (χ4v) is 4.36. The van der Waals surface area contributed by atoms with Crippen molar-refractivity contribution in [1.29, 1.82) is 0 Å². The zero-order valence-electron chi connectivity index (χ0n) is 17.9. The molecule has 1 amide bonds. The highest BCUT2D eigenvalue weighted by molar-refractivity contribution is 7.59. The summed E-state index contributed by atoms with van der Waals surface area (Å²) in [6.45, 7) is 2.19. The van der Waals surface area contributed by atoms with E-state index in [1.54, 1.807) is 6.20 Å². The molecule has 1 aromatic heterocycles. The Morgan fingerprint density at radius 1 is 1.09 bits per heavy atom. The molecule has 0 spiro atoms. The van der Waals surface area contributed by atoms with Crippen molar-refractivity contribution >= 4 is 43.9 Å². The maximum absolute atomic E-state index is 13.4. The van der Waals surface area contributed by atoms with E-state index in [0.717, 1.165) is 48.1 Å². The molecule has 170 valence electrons. The zero-order valence-corrected chi connectivity index (χ0v) is 19.9. The van der Waals surface area contributed by atoms with E-state index in [4.69, 9.17) is 4.98 Å². The third-order valence-corrected chi connectivity index (χ3v) is 6.32. The first-order valence-corrected chi connectivity index (χ1v) is 10.6. The number of nitrogens with zero attached hydrogens (tertiary/aromatic N) is 3. The lowest BCUT2D eigenvalue weighted by Gasteiger charge is -2.27. The minimum atomic E-state index is -0.589. The molecule has 6 nitrogen and oxygen atoms in total. The van der Waals surface area contributed by atoms with Crippen molar-refractivity contribution in [2.45, 2.75) is 36.8 Å². The van der Waals surface area contributed by atoms with E-state index in [-0.39, 0.29) is 45.0 Å². The number of para-hydroxylation sites is 2. The third-order valence-electron chi connectivity index (χ3n) is 6.32. The predicted molar refractivity (Wildman–Crippen MR) is 136 cm³/mol. The molecule has 8 heteroatoms. The van der Waals surface area contributed by atoms with E-state index in [2.05, 4.69) is 15.2 Å². The normalized spacial score (nSPS) is 20.1. The number of aliphatic hydroxyl groups excluding tert-OH is 1. The van der Waals surface area contributed by atoms with E-state index in [1.807, 2.05) is 54.6 Å². The van der Waals surface area contributed by atoms with E-state index in [0.29, 0.717) is 13.1 Å². The summed E-state index contributed by atoms with van der Waals surface area (Å²) in [5, 5.41) is 13.2. The lowest BCUT2D eigenvalue weighted by molar-refractivity contribution is -0.124. The Balaban J connectivity index is 0.00000144. The van der Waals surface area contributed by atoms with Crippen LogP contribution in [0.3, 0.4) is 0 Å². The Morgan fingerprint density at radius 2 is 1.78 bits per heavy atom. The highest BCUT2D eigenvalue weighted by atomic mass is 32.1. The molecular weight excluding hydrogens is 440 g/mol. The number of hydrogen-bond acceptors (Lipinski definition) is 5. The molecule has 2 aliphatic rings. The van der Waals surface area contributed by atoms with Crippen LogP contribution in [-0.4, -0.2) is 51.6 Å². The van der Waals surface area contributed by atoms with E-state index in [9.17, 15) is 9.90 Å². The fourth-order valence-electron chi connectivity index (χ4n) is 4.36. The number of aliphatic hydroxyl groups is 1. The standard InChI is InChI=1S/C24H26N4O2.2H2S/c29-18-10-13-28(15-18)16-21(17-6-2-1-3-7-17)27-23(30)24(11-12-24)22-14-25-19-8-4-5-9-20(19)26-22;;/h1-9,14,18,21,29H,10-13,15-16H2,(H,27,30);2*1H2/t18-,21+;;/m0../s1. The maximum atomic E-state index is 13.4. The smallest absolute Gasteiger partial charge is 0.232 e. The molecule has 2 N–H and O–H groups in total. The van der Waals surface area contributed by atoms with Gasteiger partial charge in [-0.05, 0) is 37.0 Å². The number of β-amino-alcohol motifs (C(OH)–C–C–N with tert-alkyl or cyclic N) is 1. The third kappa shape index (κ3) is 4.93. The first kappa shape index (κ1) is 24.5. The molecule has 32 heavy (non-hydrogen) atoms. The SMILES string of the molecule is O=C(N[C@H](CN1CC[C@H](O)C1)c1ccccc1)C1(c2cnc3ccccc3n2)CC1.S.S. The predicted octanol–water partition coefficient (Wildman–Crippen LogP) is 2.81. The molecule has 0 radical (unpaired) electrons. The van der Waals surface area contributed by atoms with Crippen LogP contribution in [0.1, 0.15) is 36.6 Å². The minimum Gasteiger partial charge on any atom is -0.392 e. The van der Waals surface area contributed by atoms with Gasteiger partial charge in [-0.25, -0.2) is 4.98 Å². The Morgan fingerprint density at radius 3 is 2.44 bits per heavy atom. The van der Waals surface area contributed by atoms with Crippen LogP contribution in [0.15, 0.2) is 60.8 Å². The van der Waals surface area contributed by atoms with Crippen LogP contribution in [0.5, 0.6) is 0 Å². The summed E-state index contributed by atoms with van der Waals surface area (Å²) in [6, 6.07) is 17.7. The largest absolute Gasteiger partial charge is 0.392 e. The number of benzene rings is 2. The van der Waals surface area contributed by atoms with Gasteiger partial charge in [0.05, 0.1) is 40.5 Å². The summed E-state index contributed by atoms with van der Waals surface area (Å²) in [7, 11) is 0. The second-order valence-electron chi connectivity index (χ2n) is 8.46. The molecule has 0 bridgehead atoms. The van der Waals surface area contributed by atoms with Crippen LogP contribution in [0.4, 0.5) is 0 Å². The molecule has 2 heterocycles. The summed E-state index contributed by atoms with van der Waals surface area (Å²) in [5.74, 6) is 0.0145. The summed E-state index contributed by atoms with van der Waals surface area (Å²) >= 11 is 0. The molecule has 1 aliphatic carbocycles. The quantitative estimate of drug-likeness (QED) is 0.579. The Bertz CT molecular complexity index is 1060. The van der Waals surface area contributed by atoms with Crippen molar-refractivity contribution < 1.29 is 9.90 Å². The Kier molecular flexibility index (Phi) is 7.82. The van der Waals surface area contributed by atoms with Crippen LogP contribution >= 0.6 is 27.0 Å². The lowest BCUT2D eigenvalue weighted by Crippen LogP contribution is -2.42. The first-order chi connectivity index (χ1) is 14.6. The van der Waals surface area contributed by atoms with Gasteiger partial charge in [0, 0.05) is 19.6 Å². The monoisotopic (exact) mass is 470 g/mol. The Labute approximate surface area is 202 Å². The summed E-state index contributed by atoms with van der Waals surface area (Å²) in [6.07, 6.45) is 3.83. The van der Waals surface area contributed by atoms with Gasteiger partial charge in [0.15, 0.2) is 0 Å². The van der Waals surface area contributed by atoms with E-state index >= 15 is 0 Å². The van der Waals surface area contributed by atoms with Gasteiger partial charge < -0.3 is 10.4 Å². The van der Waals surface area contributed by atoms with Crippen molar-refractivity contribution in [1.82, 2.24) is 20.2 Å². The number of nitrogens with one attached hydrogen (secondary N) is 1. The topological polar surface area (TPSA) is 78.4 Å². The van der Waals surface area contributed by atoms with Crippen LogP contribution in [0.25, 0.3) is 11.0 Å². The van der Waals surface area contributed by atoms with Crippen LogP contribution in [-0.2, 0) is 10.2 Å². The van der Waals surface area contributed by atoms with Gasteiger partial charge in [0.2, 0.25) is 5.91 Å². The van der Waals surface area contributed by atoms with E-state index in [1.165, 1.54) is 0 Å². The molecule has 1 saturated heterocycles. The van der Waals surface area contributed by atoms with Gasteiger partial charge in [0.1, 0.15) is 0 Å². The summed E-state index contributed by atoms with van der Waals surface area (Å²) in [5.41, 5.74) is 2.90. The molecule has 0 unspecified atom stereocenters. The maximum Gasteiger partial charge on any atom is 0.232 e. The number of aromatic nitrogens is 2. The van der Waals surface area contributed by atoms with E-state index < -0.39 is 5.41 Å². The van der Waals surface area contributed by atoms with Gasteiger partial charge in [0.25, 0.3) is 0 Å². The Hall–Kier alpha value is -2.13. The molecule has 1 aliphatic heterocycles. The number of hydrogen-bond donors (Lipinski definition) is 2. The number of amides is 1. The molecule has 1 saturated carbocycles. The van der Waals surface area contributed by atoms with Crippen molar-refractivity contribution in [3.05, 3.63) is 72.1 Å². The highest BCUT2D eigenvalue weighted by Crippen LogP contribution is 2.48. The molecular formula is C24H30N4O2S2. The lowest BCUT2D eigenvalue weighted by atomic mass is 9.99. The van der Waals surface area contributed by atoms with Crippen molar-refractivity contribution in [3.63, 3.8) is 0 Å². The second-order valence-corrected chi connectivity index (χ2v) is 8.46. The van der Waals surface area contributed by atoms with Crippen LogP contribution in [0, 0.1) is 0 Å². The van der Waals surface area contributed by atoms with Crippen LogP contribution < -0.4 is 5.32 Å². The van der Waals surface area contributed by atoms with Gasteiger partial charge in [-0.15, -0.1) is 0 Å². The number of rotatable bonds is 6. The van der Waals surface area contributed by atoms with Crippen molar-refractivity contribution in [2.24, 2.45) is 0 Å². The number of likely N-dealkylation sites (tertiary alicyclic amines) is 1. The van der Waals surface area contributed by atoms with Gasteiger partial charge in [-0.3, -0.25) is 14.7 Å². The summed E-state index contributed by atoms with van der Waals surface area (Å²) < 4.78 is 0.